The average molecular weight is 525 g/mol. The minimum absolute atomic E-state index is 0.0589. The molecular formula is C23H20N6O5S2. The zero-order valence-electron chi connectivity index (χ0n) is 19.0. The van der Waals surface area contributed by atoms with E-state index in [2.05, 4.69) is 30.4 Å². The molecule has 1 saturated carbocycles. The van der Waals surface area contributed by atoms with Crippen molar-refractivity contribution >= 4 is 48.3 Å². The van der Waals surface area contributed by atoms with Crippen LogP contribution in [0, 0.1) is 0 Å². The summed E-state index contributed by atoms with van der Waals surface area (Å²) in [6.45, 7) is -0.0589. The predicted molar refractivity (Wildman–Crippen MR) is 133 cm³/mol. The topological polar surface area (TPSA) is 146 Å². The van der Waals surface area contributed by atoms with Gasteiger partial charge >= 0.3 is 0 Å². The van der Waals surface area contributed by atoms with E-state index in [4.69, 9.17) is 9.57 Å². The number of oxime groups is 1. The molecule has 1 fully saturated rings. The zero-order chi connectivity index (χ0) is 25.1. The number of carbonyl (C=O) groups excluding carboxylic acids is 1. The molecule has 0 spiro atoms. The van der Waals surface area contributed by atoms with E-state index in [0.717, 1.165) is 0 Å². The first-order chi connectivity index (χ1) is 17.4. The van der Waals surface area contributed by atoms with Crippen molar-refractivity contribution < 1.29 is 22.8 Å². The lowest BCUT2D eigenvalue weighted by Gasteiger charge is -2.08. The molecule has 0 bridgehead atoms. The third-order valence-electron chi connectivity index (χ3n) is 5.26. The number of sulfone groups is 1. The van der Waals surface area contributed by atoms with Gasteiger partial charge in [-0.15, -0.1) is 0 Å². The molecule has 1 aliphatic carbocycles. The molecular weight excluding hydrogens is 504 g/mol. The smallest absolute Gasteiger partial charge is 0.280 e. The number of carbonyl (C=O) groups is 1. The van der Waals surface area contributed by atoms with Crippen LogP contribution in [0.3, 0.4) is 0 Å². The number of pyridine rings is 1. The normalized spacial score (nSPS) is 14.0. The van der Waals surface area contributed by atoms with Crippen molar-refractivity contribution in [1.82, 2.24) is 19.9 Å². The third-order valence-corrected chi connectivity index (χ3v) is 8.42. The van der Waals surface area contributed by atoms with Gasteiger partial charge < -0.3 is 9.57 Å². The number of ether oxygens (including phenoxy) is 1. The number of fused-ring (bicyclic) bond motifs is 1. The Balaban J connectivity index is 1.41. The molecule has 1 amide bonds. The molecule has 13 heteroatoms. The number of thiazole rings is 1. The summed E-state index contributed by atoms with van der Waals surface area (Å²) in [6, 6.07) is 11.1. The number of nitrogens with zero attached hydrogens (tertiary/aromatic N) is 5. The first-order valence-electron chi connectivity index (χ1n) is 10.9. The number of hydrogen-bond donors (Lipinski definition) is 1. The van der Waals surface area contributed by atoms with Gasteiger partial charge in [0.2, 0.25) is 5.88 Å². The highest BCUT2D eigenvalue weighted by molar-refractivity contribution is 7.92. The summed E-state index contributed by atoms with van der Waals surface area (Å²) in [5.74, 6) is 0.231. The lowest BCUT2D eigenvalue weighted by atomic mass is 10.1. The molecule has 5 rings (SSSR count). The fourth-order valence-corrected chi connectivity index (χ4v) is 5.76. The highest BCUT2D eigenvalue weighted by atomic mass is 32.2. The van der Waals surface area contributed by atoms with Crippen molar-refractivity contribution in [2.45, 2.75) is 29.6 Å². The fourth-order valence-electron chi connectivity index (χ4n) is 3.28. The highest BCUT2D eigenvalue weighted by Gasteiger charge is 2.36. The van der Waals surface area contributed by atoms with Gasteiger partial charge in [0.25, 0.3) is 5.91 Å². The SMILES string of the molecule is COc1ccc2nc(NC(=O)C(=NOCc3ncccn3)c3ccc(S(=O)(=O)C4CC4)cc3)sc2n1. The number of rotatable bonds is 9. The minimum Gasteiger partial charge on any atom is -0.481 e. The van der Waals surface area contributed by atoms with Crippen LogP contribution in [-0.2, 0) is 26.1 Å². The molecule has 11 nitrogen and oxygen atoms in total. The molecule has 184 valence electrons. The molecule has 36 heavy (non-hydrogen) atoms. The molecule has 4 aromatic rings. The van der Waals surface area contributed by atoms with Gasteiger partial charge in [0.15, 0.2) is 33.1 Å². The van der Waals surface area contributed by atoms with Crippen LogP contribution in [0.15, 0.2) is 64.9 Å². The molecule has 3 aromatic heterocycles. The van der Waals surface area contributed by atoms with E-state index < -0.39 is 15.7 Å². The summed E-state index contributed by atoms with van der Waals surface area (Å²) in [4.78, 5) is 36.2. The van der Waals surface area contributed by atoms with Crippen molar-refractivity contribution in [3.8, 4) is 5.88 Å². The summed E-state index contributed by atoms with van der Waals surface area (Å²) in [5.41, 5.74) is 0.907. The highest BCUT2D eigenvalue weighted by Crippen LogP contribution is 2.33. The van der Waals surface area contributed by atoms with Crippen LogP contribution < -0.4 is 10.1 Å². The maximum absolute atomic E-state index is 13.2. The number of methoxy groups -OCH3 is 1. The Morgan fingerprint density at radius 3 is 2.56 bits per heavy atom. The van der Waals surface area contributed by atoms with E-state index in [-0.39, 0.29) is 22.5 Å². The van der Waals surface area contributed by atoms with Gasteiger partial charge in [0, 0.05) is 24.0 Å². The van der Waals surface area contributed by atoms with Gasteiger partial charge in [-0.3, -0.25) is 10.1 Å². The number of hydrogen-bond acceptors (Lipinski definition) is 11. The zero-order valence-corrected chi connectivity index (χ0v) is 20.6. The number of nitrogens with one attached hydrogen (secondary N) is 1. The van der Waals surface area contributed by atoms with Crippen LogP contribution in [-0.4, -0.2) is 52.3 Å². The summed E-state index contributed by atoms with van der Waals surface area (Å²) in [5, 5.41) is 6.71. The lowest BCUT2D eigenvalue weighted by Crippen LogP contribution is -2.24. The van der Waals surface area contributed by atoms with Gasteiger partial charge in [-0.05, 0) is 37.1 Å². The van der Waals surface area contributed by atoms with E-state index >= 15 is 0 Å². The van der Waals surface area contributed by atoms with Crippen LogP contribution in [0.25, 0.3) is 10.3 Å². The Morgan fingerprint density at radius 2 is 1.86 bits per heavy atom. The number of anilines is 1. The molecule has 0 unspecified atom stereocenters. The van der Waals surface area contributed by atoms with Crippen molar-refractivity contribution in [3.63, 3.8) is 0 Å². The number of benzene rings is 1. The Kier molecular flexibility index (Phi) is 6.57. The molecule has 0 atom stereocenters. The number of amides is 1. The molecule has 3 heterocycles. The Morgan fingerprint density at radius 1 is 1.11 bits per heavy atom. The molecule has 1 aromatic carbocycles. The Hall–Kier alpha value is -3.97. The van der Waals surface area contributed by atoms with Crippen molar-refractivity contribution in [1.29, 1.82) is 0 Å². The lowest BCUT2D eigenvalue weighted by molar-refractivity contribution is -0.110. The summed E-state index contributed by atoms with van der Waals surface area (Å²) in [7, 11) is -1.85. The molecule has 0 aliphatic heterocycles. The van der Waals surface area contributed by atoms with E-state index in [1.165, 1.54) is 42.7 Å². The van der Waals surface area contributed by atoms with Gasteiger partial charge in [-0.1, -0.05) is 28.6 Å². The van der Waals surface area contributed by atoms with E-state index in [0.29, 0.717) is 45.6 Å². The second-order valence-electron chi connectivity index (χ2n) is 7.80. The van der Waals surface area contributed by atoms with Crippen LogP contribution in [0.1, 0.15) is 24.2 Å². The monoisotopic (exact) mass is 524 g/mol. The molecule has 0 saturated heterocycles. The summed E-state index contributed by atoms with van der Waals surface area (Å²) in [6.07, 6.45) is 4.46. The van der Waals surface area contributed by atoms with Crippen molar-refractivity contribution in [2.75, 3.05) is 12.4 Å². The summed E-state index contributed by atoms with van der Waals surface area (Å²) < 4.78 is 30.2. The first-order valence-corrected chi connectivity index (χ1v) is 13.2. The molecule has 0 radical (unpaired) electrons. The van der Waals surface area contributed by atoms with Gasteiger partial charge in [-0.2, -0.15) is 0 Å². The predicted octanol–water partition coefficient (Wildman–Crippen LogP) is 2.99. The molecule has 1 N–H and O–H groups in total. The summed E-state index contributed by atoms with van der Waals surface area (Å²) >= 11 is 1.18. The van der Waals surface area contributed by atoms with Crippen molar-refractivity contribution in [2.24, 2.45) is 5.16 Å². The Labute approximate surface area is 210 Å². The van der Waals surface area contributed by atoms with E-state index in [9.17, 15) is 13.2 Å². The first kappa shape index (κ1) is 23.8. The van der Waals surface area contributed by atoms with E-state index in [1.54, 1.807) is 30.6 Å². The second-order valence-corrected chi connectivity index (χ2v) is 11.0. The average Bonchev–Trinajstić information content (AvgIpc) is 3.68. The Bertz CT molecular complexity index is 1530. The van der Waals surface area contributed by atoms with Crippen LogP contribution >= 0.6 is 11.3 Å². The maximum Gasteiger partial charge on any atom is 0.280 e. The largest absolute Gasteiger partial charge is 0.481 e. The minimum atomic E-state index is -3.36. The fraction of sp³-hybridized carbons (Fsp3) is 0.217. The van der Waals surface area contributed by atoms with Gasteiger partial charge in [0.05, 0.1) is 17.3 Å². The standard InChI is InChI=1S/C23H20N6O5S2/c1-33-19-10-9-17-22(27-19)35-23(26-17)28-21(30)20(29-34-13-18-24-11-2-12-25-18)14-3-5-15(6-4-14)36(31,32)16-7-8-16/h2-6,9-12,16H,7-8,13H2,1H3,(H,26,28,30). The van der Waals surface area contributed by atoms with E-state index in [1.807, 2.05) is 0 Å². The third kappa shape index (κ3) is 5.16. The number of aromatic nitrogens is 4. The van der Waals surface area contributed by atoms with Crippen LogP contribution in [0.2, 0.25) is 0 Å². The van der Waals surface area contributed by atoms with Crippen molar-refractivity contribution in [3.05, 3.63) is 66.2 Å². The van der Waals surface area contributed by atoms with Crippen LogP contribution in [0.4, 0.5) is 5.13 Å². The second kappa shape index (κ2) is 9.95. The quantitative estimate of drug-likeness (QED) is 0.258. The van der Waals surface area contributed by atoms with Gasteiger partial charge in [-0.25, -0.2) is 28.4 Å². The van der Waals surface area contributed by atoms with Gasteiger partial charge in [0.1, 0.15) is 10.3 Å². The maximum atomic E-state index is 13.2. The van der Waals surface area contributed by atoms with Crippen LogP contribution in [0.5, 0.6) is 5.88 Å². The molecule has 1 aliphatic rings.